The molecular weight excluding hydrogens is 485 g/mol. The minimum Gasteiger partial charge on any atom is -0.491 e. The number of hydrogen-bond donors (Lipinski definition) is 2. The first-order chi connectivity index (χ1) is 17.0. The van der Waals surface area contributed by atoms with Crippen LogP contribution < -0.4 is 10.2 Å². The fourth-order valence-electron chi connectivity index (χ4n) is 4.05. The van der Waals surface area contributed by atoms with Crippen LogP contribution >= 0.6 is 23.2 Å². The Morgan fingerprint density at radius 2 is 1.97 bits per heavy atom. The molecule has 0 atom stereocenters. The summed E-state index contributed by atoms with van der Waals surface area (Å²) in [4.78, 5) is 24.9. The Bertz CT molecular complexity index is 1160. The van der Waals surface area contributed by atoms with Crippen molar-refractivity contribution >= 4 is 51.9 Å². The Kier molecular flexibility index (Phi) is 8.69. The number of fused-ring (bicyclic) bond motifs is 1. The molecule has 2 N–H and O–H groups in total. The molecule has 35 heavy (non-hydrogen) atoms. The van der Waals surface area contributed by atoms with Gasteiger partial charge in [-0.25, -0.2) is 4.98 Å². The molecule has 0 unspecified atom stereocenters. The van der Waals surface area contributed by atoms with Crippen LogP contribution in [-0.2, 0) is 9.53 Å². The Morgan fingerprint density at radius 1 is 1.17 bits per heavy atom. The van der Waals surface area contributed by atoms with E-state index in [1.807, 2.05) is 42.6 Å². The highest BCUT2D eigenvalue weighted by atomic mass is 35.5. The van der Waals surface area contributed by atoms with Gasteiger partial charge in [0, 0.05) is 55.5 Å². The number of carbonyl (C=O) groups excluding carboxylic acids is 1. The predicted octanol–water partition coefficient (Wildman–Crippen LogP) is 4.74. The van der Waals surface area contributed by atoms with Gasteiger partial charge in [-0.3, -0.25) is 9.69 Å². The van der Waals surface area contributed by atoms with Gasteiger partial charge in [0.25, 0.3) is 5.91 Å². The Morgan fingerprint density at radius 3 is 2.71 bits per heavy atom. The number of pyridine rings is 1. The fourth-order valence-corrected chi connectivity index (χ4v) is 4.38. The Balaban J connectivity index is 1.20. The summed E-state index contributed by atoms with van der Waals surface area (Å²) >= 11 is 12.2. The normalized spacial score (nSPS) is 15.2. The van der Waals surface area contributed by atoms with Gasteiger partial charge in [0.1, 0.15) is 5.82 Å². The molecule has 1 aromatic carbocycles. The summed E-state index contributed by atoms with van der Waals surface area (Å²) in [5, 5.41) is 4.92. The van der Waals surface area contributed by atoms with Crippen molar-refractivity contribution in [2.24, 2.45) is 0 Å². The molecule has 1 amide bonds. The van der Waals surface area contributed by atoms with Crippen LogP contribution in [0.2, 0.25) is 10.0 Å². The average molecular weight is 514 g/mol. The van der Waals surface area contributed by atoms with Crippen LogP contribution in [0.25, 0.3) is 17.0 Å². The van der Waals surface area contributed by atoms with Gasteiger partial charge in [-0.15, -0.1) is 0 Å². The Labute approximate surface area is 215 Å². The summed E-state index contributed by atoms with van der Waals surface area (Å²) < 4.78 is 5.27. The van der Waals surface area contributed by atoms with E-state index in [9.17, 15) is 4.79 Å². The molecule has 4 rings (SSSR count). The van der Waals surface area contributed by atoms with Crippen LogP contribution in [0.1, 0.15) is 12.1 Å². The number of nitrogens with one attached hydrogen (secondary N) is 2. The lowest BCUT2D eigenvalue weighted by atomic mass is 10.2. The molecule has 1 aliphatic rings. The number of ether oxygens (including phenoxy) is 1. The number of rotatable bonds is 9. The summed E-state index contributed by atoms with van der Waals surface area (Å²) in [5.74, 6) is 1.06. The number of aromatic nitrogens is 2. The van der Waals surface area contributed by atoms with Crippen molar-refractivity contribution in [2.45, 2.75) is 6.42 Å². The maximum Gasteiger partial charge on any atom is 0.286 e. The van der Waals surface area contributed by atoms with Gasteiger partial charge >= 0.3 is 0 Å². The van der Waals surface area contributed by atoms with Crippen LogP contribution in [0.5, 0.6) is 0 Å². The lowest BCUT2D eigenvalue weighted by Gasteiger charge is -2.35. The predicted molar refractivity (Wildman–Crippen MR) is 143 cm³/mol. The van der Waals surface area contributed by atoms with E-state index >= 15 is 0 Å². The third-order valence-electron chi connectivity index (χ3n) is 5.93. The molecule has 1 fully saturated rings. The first kappa shape index (κ1) is 25.1. The van der Waals surface area contributed by atoms with Gasteiger partial charge in [-0.1, -0.05) is 35.3 Å². The molecule has 1 saturated heterocycles. The molecule has 3 aromatic rings. The van der Waals surface area contributed by atoms with Crippen molar-refractivity contribution in [3.8, 4) is 0 Å². The molecule has 0 radical (unpaired) electrons. The maximum atomic E-state index is 12.5. The largest absolute Gasteiger partial charge is 0.491 e. The summed E-state index contributed by atoms with van der Waals surface area (Å²) in [6.45, 7) is 5.44. The highest BCUT2D eigenvalue weighted by Crippen LogP contribution is 2.28. The fraction of sp³-hybridized carbons (Fsp3) is 0.308. The number of carbonyl (C=O) groups is 1. The number of benzene rings is 1. The maximum absolute atomic E-state index is 12.5. The zero-order chi connectivity index (χ0) is 24.6. The van der Waals surface area contributed by atoms with Crippen molar-refractivity contribution in [1.82, 2.24) is 20.2 Å². The van der Waals surface area contributed by atoms with Crippen molar-refractivity contribution in [3.63, 3.8) is 0 Å². The van der Waals surface area contributed by atoms with E-state index in [2.05, 4.69) is 25.1 Å². The number of amides is 1. The smallest absolute Gasteiger partial charge is 0.286 e. The molecule has 2 aromatic heterocycles. The van der Waals surface area contributed by atoms with E-state index in [0.717, 1.165) is 61.6 Å². The number of methoxy groups -OCH3 is 1. The lowest BCUT2D eigenvalue weighted by molar-refractivity contribution is -0.120. The van der Waals surface area contributed by atoms with Crippen LogP contribution in [0.4, 0.5) is 5.82 Å². The topological polar surface area (TPSA) is 73.5 Å². The monoisotopic (exact) mass is 513 g/mol. The molecule has 7 nitrogen and oxygen atoms in total. The first-order valence-electron chi connectivity index (χ1n) is 11.6. The number of aromatic amines is 1. The summed E-state index contributed by atoms with van der Waals surface area (Å²) in [5.41, 5.74) is 1.76. The van der Waals surface area contributed by atoms with Crippen LogP contribution in [0.3, 0.4) is 0 Å². The third-order valence-corrected chi connectivity index (χ3v) is 6.65. The second kappa shape index (κ2) is 12.1. The molecule has 3 heterocycles. The quantitative estimate of drug-likeness (QED) is 0.187. The van der Waals surface area contributed by atoms with Gasteiger partial charge in [0.05, 0.1) is 17.2 Å². The molecule has 1 aliphatic heterocycles. The standard InChI is InChI=1S/C26H29Cl2N5O2/c1-35-24(7-4-6-20-16-19-17-21(27)22(28)18-23(19)31-20)26(34)30-10-5-11-32-12-14-33(15-13-32)25-8-2-3-9-29-25/h2-4,6-9,16-18,31H,5,10-15H2,1H3,(H,30,34)/b6-4+,24-7-. The van der Waals surface area contributed by atoms with Crippen LogP contribution in [0, 0.1) is 0 Å². The molecule has 0 spiro atoms. The SMILES string of the molecule is CO/C(=C\C=C\c1cc2cc(Cl)c(Cl)cc2[nH]1)C(=O)NCCCN1CCN(c2ccccn2)CC1. The van der Waals surface area contributed by atoms with Gasteiger partial charge < -0.3 is 19.9 Å². The molecule has 0 saturated carbocycles. The number of H-pyrrole nitrogens is 1. The highest BCUT2D eigenvalue weighted by molar-refractivity contribution is 6.42. The zero-order valence-electron chi connectivity index (χ0n) is 19.6. The number of piperazine rings is 1. The second-order valence-corrected chi connectivity index (χ2v) is 9.11. The molecule has 0 aliphatic carbocycles. The van der Waals surface area contributed by atoms with Crippen molar-refractivity contribution in [1.29, 1.82) is 0 Å². The van der Waals surface area contributed by atoms with Gasteiger partial charge in [-0.05, 0) is 55.4 Å². The molecular formula is C26H29Cl2N5O2. The number of halogens is 2. The van der Waals surface area contributed by atoms with Crippen molar-refractivity contribution in [2.75, 3.05) is 51.3 Å². The van der Waals surface area contributed by atoms with E-state index in [-0.39, 0.29) is 11.7 Å². The van der Waals surface area contributed by atoms with E-state index in [4.69, 9.17) is 27.9 Å². The second-order valence-electron chi connectivity index (χ2n) is 8.30. The summed E-state index contributed by atoms with van der Waals surface area (Å²) in [7, 11) is 1.49. The van der Waals surface area contributed by atoms with E-state index in [1.165, 1.54) is 7.11 Å². The van der Waals surface area contributed by atoms with Crippen LogP contribution in [0.15, 0.2) is 60.5 Å². The Hall–Kier alpha value is -3.00. The molecule has 9 heteroatoms. The highest BCUT2D eigenvalue weighted by Gasteiger charge is 2.17. The summed E-state index contributed by atoms with van der Waals surface area (Å²) in [6, 6.07) is 11.6. The third kappa shape index (κ3) is 6.78. The number of hydrogen-bond acceptors (Lipinski definition) is 5. The van der Waals surface area contributed by atoms with Crippen molar-refractivity contribution in [3.05, 3.63) is 76.2 Å². The van der Waals surface area contributed by atoms with Gasteiger partial charge in [0.2, 0.25) is 0 Å². The van der Waals surface area contributed by atoms with Crippen LogP contribution in [-0.4, -0.2) is 67.2 Å². The zero-order valence-corrected chi connectivity index (χ0v) is 21.1. The molecule has 0 bridgehead atoms. The van der Waals surface area contributed by atoms with Gasteiger partial charge in [0.15, 0.2) is 5.76 Å². The van der Waals surface area contributed by atoms with Crippen molar-refractivity contribution < 1.29 is 9.53 Å². The van der Waals surface area contributed by atoms with E-state index in [1.54, 1.807) is 18.2 Å². The first-order valence-corrected chi connectivity index (χ1v) is 12.4. The van der Waals surface area contributed by atoms with E-state index < -0.39 is 0 Å². The molecule has 184 valence electrons. The minimum absolute atomic E-state index is 0.229. The average Bonchev–Trinajstić information content (AvgIpc) is 3.26. The van der Waals surface area contributed by atoms with Gasteiger partial charge in [-0.2, -0.15) is 0 Å². The number of anilines is 1. The minimum atomic E-state index is -0.229. The number of nitrogens with zero attached hydrogens (tertiary/aromatic N) is 3. The summed E-state index contributed by atoms with van der Waals surface area (Å²) in [6.07, 6.45) is 7.99. The lowest BCUT2D eigenvalue weighted by Crippen LogP contribution is -2.47. The number of allylic oxidation sites excluding steroid dienone is 2. The van der Waals surface area contributed by atoms with E-state index in [0.29, 0.717) is 16.6 Å².